The van der Waals surface area contributed by atoms with Gasteiger partial charge in [0, 0.05) is 5.56 Å². The standard InChI is InChI=1S/C7H4F3NO/c8-7(9,10)6-3-5(1-2-11)4-12-6/h3-4H,1H2. The second kappa shape index (κ2) is 2.89. The van der Waals surface area contributed by atoms with E-state index in [4.69, 9.17) is 5.26 Å². The van der Waals surface area contributed by atoms with Gasteiger partial charge in [-0.15, -0.1) is 0 Å². The summed E-state index contributed by atoms with van der Waals surface area (Å²) >= 11 is 0. The third-order valence-corrected chi connectivity index (χ3v) is 1.22. The van der Waals surface area contributed by atoms with E-state index in [9.17, 15) is 13.2 Å². The summed E-state index contributed by atoms with van der Waals surface area (Å²) in [5.74, 6) is -1.06. The molecule has 0 spiro atoms. The van der Waals surface area contributed by atoms with Gasteiger partial charge in [0.25, 0.3) is 0 Å². The maximum atomic E-state index is 11.9. The van der Waals surface area contributed by atoms with Crippen LogP contribution >= 0.6 is 0 Å². The van der Waals surface area contributed by atoms with Crippen molar-refractivity contribution in [3.05, 3.63) is 23.7 Å². The highest BCUT2D eigenvalue weighted by Crippen LogP contribution is 2.30. The summed E-state index contributed by atoms with van der Waals surface area (Å²) in [4.78, 5) is 0. The van der Waals surface area contributed by atoms with E-state index in [1.54, 1.807) is 6.07 Å². The number of hydrogen-bond donors (Lipinski definition) is 0. The first-order chi connectivity index (χ1) is 5.54. The van der Waals surface area contributed by atoms with Gasteiger partial charge < -0.3 is 4.42 Å². The Labute approximate surface area is 66.2 Å². The minimum Gasteiger partial charge on any atom is -0.459 e. The maximum Gasteiger partial charge on any atom is 0.449 e. The average molecular weight is 175 g/mol. The Morgan fingerprint density at radius 2 is 2.17 bits per heavy atom. The Kier molecular flexibility index (Phi) is 2.09. The van der Waals surface area contributed by atoms with Crippen LogP contribution in [0.1, 0.15) is 11.3 Å². The van der Waals surface area contributed by atoms with Gasteiger partial charge in [-0.05, 0) is 6.07 Å². The molecule has 0 saturated carbocycles. The van der Waals surface area contributed by atoms with Crippen LogP contribution in [0.4, 0.5) is 13.2 Å². The Bertz CT molecular complexity index is 307. The molecule has 1 rings (SSSR count). The normalized spacial score (nSPS) is 11.2. The fourth-order valence-electron chi connectivity index (χ4n) is 0.708. The Hall–Kier alpha value is -1.44. The molecule has 1 aromatic rings. The minimum absolute atomic E-state index is 0.0699. The van der Waals surface area contributed by atoms with Crippen molar-refractivity contribution in [2.24, 2.45) is 0 Å². The zero-order chi connectivity index (χ0) is 9.19. The van der Waals surface area contributed by atoms with Gasteiger partial charge in [-0.1, -0.05) is 0 Å². The van der Waals surface area contributed by atoms with Gasteiger partial charge in [0.2, 0.25) is 5.76 Å². The predicted molar refractivity (Wildman–Crippen MR) is 33.0 cm³/mol. The molecule has 0 bridgehead atoms. The molecule has 0 radical (unpaired) electrons. The lowest BCUT2D eigenvalue weighted by Gasteiger charge is -1.98. The second-order valence-electron chi connectivity index (χ2n) is 2.15. The van der Waals surface area contributed by atoms with E-state index in [-0.39, 0.29) is 12.0 Å². The van der Waals surface area contributed by atoms with Crippen molar-refractivity contribution in [1.82, 2.24) is 0 Å². The van der Waals surface area contributed by atoms with Gasteiger partial charge in [0.05, 0.1) is 18.8 Å². The lowest BCUT2D eigenvalue weighted by Crippen LogP contribution is -2.02. The van der Waals surface area contributed by atoms with E-state index in [0.29, 0.717) is 0 Å². The van der Waals surface area contributed by atoms with Gasteiger partial charge >= 0.3 is 6.18 Å². The summed E-state index contributed by atoms with van der Waals surface area (Å²) in [5, 5.41) is 8.16. The van der Waals surface area contributed by atoms with Crippen LogP contribution in [0.3, 0.4) is 0 Å². The first-order valence-electron chi connectivity index (χ1n) is 3.05. The second-order valence-corrected chi connectivity index (χ2v) is 2.15. The van der Waals surface area contributed by atoms with Crippen LogP contribution in [0.15, 0.2) is 16.7 Å². The Morgan fingerprint density at radius 1 is 1.50 bits per heavy atom. The molecule has 1 heterocycles. The third kappa shape index (κ3) is 1.78. The van der Waals surface area contributed by atoms with Gasteiger partial charge in [0.1, 0.15) is 0 Å². The van der Waals surface area contributed by atoms with Crippen LogP contribution in [0.5, 0.6) is 0 Å². The maximum absolute atomic E-state index is 11.9. The van der Waals surface area contributed by atoms with E-state index in [1.807, 2.05) is 0 Å². The molecule has 0 unspecified atom stereocenters. The molecule has 0 aliphatic heterocycles. The van der Waals surface area contributed by atoms with Crippen LogP contribution in [0, 0.1) is 11.3 Å². The monoisotopic (exact) mass is 175 g/mol. The van der Waals surface area contributed by atoms with Crippen molar-refractivity contribution in [3.63, 3.8) is 0 Å². The smallest absolute Gasteiger partial charge is 0.449 e. The van der Waals surface area contributed by atoms with Crippen LogP contribution < -0.4 is 0 Å². The number of rotatable bonds is 1. The van der Waals surface area contributed by atoms with Gasteiger partial charge in [-0.25, -0.2) is 0 Å². The molecule has 2 nitrogen and oxygen atoms in total. The number of halogens is 3. The van der Waals surface area contributed by atoms with Crippen LogP contribution in [-0.4, -0.2) is 0 Å². The van der Waals surface area contributed by atoms with E-state index in [1.165, 1.54) is 0 Å². The largest absolute Gasteiger partial charge is 0.459 e. The molecule has 0 N–H and O–H groups in total. The molecule has 64 valence electrons. The minimum atomic E-state index is -4.46. The summed E-state index contributed by atoms with van der Waals surface area (Å²) in [6.45, 7) is 0. The van der Waals surface area contributed by atoms with Crippen molar-refractivity contribution in [2.75, 3.05) is 0 Å². The highest BCUT2D eigenvalue weighted by molar-refractivity contribution is 5.17. The van der Waals surface area contributed by atoms with Crippen LogP contribution in [0.2, 0.25) is 0 Å². The van der Waals surface area contributed by atoms with Gasteiger partial charge in [0.15, 0.2) is 0 Å². The lowest BCUT2D eigenvalue weighted by atomic mass is 10.2. The van der Waals surface area contributed by atoms with Crippen LogP contribution in [-0.2, 0) is 12.6 Å². The van der Waals surface area contributed by atoms with Gasteiger partial charge in [-0.3, -0.25) is 0 Å². The molecule has 1 aromatic heterocycles. The van der Waals surface area contributed by atoms with Crippen molar-refractivity contribution in [3.8, 4) is 6.07 Å². The summed E-state index contributed by atoms with van der Waals surface area (Å²) < 4.78 is 39.8. The fourth-order valence-corrected chi connectivity index (χ4v) is 0.708. The summed E-state index contributed by atoms with van der Waals surface area (Å²) in [6, 6.07) is 2.54. The van der Waals surface area contributed by atoms with Crippen molar-refractivity contribution >= 4 is 0 Å². The number of nitriles is 1. The molecule has 0 saturated heterocycles. The molecule has 0 amide bonds. The molecular formula is C7H4F3NO. The van der Waals surface area contributed by atoms with Gasteiger partial charge in [-0.2, -0.15) is 18.4 Å². The average Bonchev–Trinajstić information content (AvgIpc) is 2.35. The van der Waals surface area contributed by atoms with Crippen molar-refractivity contribution in [1.29, 1.82) is 5.26 Å². The Balaban J connectivity index is 2.86. The first-order valence-corrected chi connectivity index (χ1v) is 3.05. The zero-order valence-electron chi connectivity index (χ0n) is 5.85. The molecule has 0 aliphatic rings. The van der Waals surface area contributed by atoms with E-state index in [0.717, 1.165) is 12.3 Å². The van der Waals surface area contributed by atoms with Crippen LogP contribution in [0.25, 0.3) is 0 Å². The number of nitrogens with zero attached hydrogens (tertiary/aromatic N) is 1. The SMILES string of the molecule is N#CCc1coc(C(F)(F)F)c1. The summed E-state index contributed by atoms with van der Waals surface area (Å²) in [7, 11) is 0. The number of alkyl halides is 3. The molecule has 0 atom stereocenters. The third-order valence-electron chi connectivity index (χ3n) is 1.22. The molecule has 5 heteroatoms. The number of hydrogen-bond acceptors (Lipinski definition) is 2. The summed E-state index contributed by atoms with van der Waals surface area (Å²) in [5.41, 5.74) is 0.241. The van der Waals surface area contributed by atoms with E-state index in [2.05, 4.69) is 4.42 Å². The molecule has 0 fully saturated rings. The highest BCUT2D eigenvalue weighted by Gasteiger charge is 2.34. The quantitative estimate of drug-likeness (QED) is 0.656. The fraction of sp³-hybridized carbons (Fsp3) is 0.286. The summed E-state index contributed by atoms with van der Waals surface area (Å²) in [6.07, 6.45) is -3.60. The predicted octanol–water partition coefficient (Wildman–Crippen LogP) is 2.36. The van der Waals surface area contributed by atoms with E-state index < -0.39 is 11.9 Å². The Morgan fingerprint density at radius 3 is 2.58 bits per heavy atom. The topological polar surface area (TPSA) is 36.9 Å². The first kappa shape index (κ1) is 8.65. The molecule has 0 aromatic carbocycles. The number of furan rings is 1. The van der Waals surface area contributed by atoms with Crippen molar-refractivity contribution in [2.45, 2.75) is 12.6 Å². The lowest BCUT2D eigenvalue weighted by molar-refractivity contribution is -0.153. The van der Waals surface area contributed by atoms with E-state index >= 15 is 0 Å². The molecular weight excluding hydrogens is 171 g/mol. The highest BCUT2D eigenvalue weighted by atomic mass is 19.4. The molecule has 0 aliphatic carbocycles. The van der Waals surface area contributed by atoms with Crippen molar-refractivity contribution < 1.29 is 17.6 Å². The molecule has 12 heavy (non-hydrogen) atoms. The zero-order valence-corrected chi connectivity index (χ0v) is 5.85.